The molecular weight excluding hydrogens is 270 g/mol. The maximum Gasteiger partial charge on any atom is 0.292 e. The lowest BCUT2D eigenvalue weighted by Crippen LogP contribution is -2.35. The first-order chi connectivity index (χ1) is 10.0. The standard InChI is InChI=1S/C15H25N3O3/c1-5-12(2)17(9-10-21-4)11-13-7-6-8-14(18(19)20)15(13)16-3/h6-8,12,16H,5,9-11H2,1-4H3. The van der Waals surface area contributed by atoms with Gasteiger partial charge in [0.15, 0.2) is 0 Å². The molecule has 0 aliphatic rings. The van der Waals surface area contributed by atoms with Gasteiger partial charge in [-0.25, -0.2) is 0 Å². The van der Waals surface area contributed by atoms with E-state index in [2.05, 4.69) is 24.1 Å². The fraction of sp³-hybridized carbons (Fsp3) is 0.600. The highest BCUT2D eigenvalue weighted by atomic mass is 16.6. The van der Waals surface area contributed by atoms with E-state index >= 15 is 0 Å². The second-order valence-electron chi connectivity index (χ2n) is 5.04. The van der Waals surface area contributed by atoms with E-state index in [1.165, 1.54) is 6.07 Å². The molecule has 21 heavy (non-hydrogen) atoms. The predicted octanol–water partition coefficient (Wildman–Crippen LogP) is 2.88. The topological polar surface area (TPSA) is 67.6 Å². The number of anilines is 1. The van der Waals surface area contributed by atoms with Crippen LogP contribution in [0.1, 0.15) is 25.8 Å². The van der Waals surface area contributed by atoms with Crippen LogP contribution in [0.4, 0.5) is 11.4 Å². The highest BCUT2D eigenvalue weighted by Gasteiger charge is 2.19. The van der Waals surface area contributed by atoms with E-state index in [0.717, 1.165) is 18.5 Å². The van der Waals surface area contributed by atoms with Crippen LogP contribution in [0.25, 0.3) is 0 Å². The van der Waals surface area contributed by atoms with Gasteiger partial charge in [0.05, 0.1) is 11.5 Å². The molecule has 118 valence electrons. The Morgan fingerprint density at radius 3 is 2.71 bits per heavy atom. The molecule has 1 N–H and O–H groups in total. The third-order valence-electron chi connectivity index (χ3n) is 3.75. The lowest BCUT2D eigenvalue weighted by molar-refractivity contribution is -0.384. The molecule has 0 spiro atoms. The van der Waals surface area contributed by atoms with Crippen LogP contribution in [-0.2, 0) is 11.3 Å². The Balaban J connectivity index is 3.02. The Bertz CT molecular complexity index is 465. The summed E-state index contributed by atoms with van der Waals surface area (Å²) in [6, 6.07) is 5.59. The molecular formula is C15H25N3O3. The van der Waals surface area contributed by atoms with Gasteiger partial charge in [-0.1, -0.05) is 19.1 Å². The zero-order chi connectivity index (χ0) is 15.8. The Labute approximate surface area is 126 Å². The molecule has 0 radical (unpaired) electrons. The lowest BCUT2D eigenvalue weighted by atomic mass is 10.1. The molecule has 0 amide bonds. The first kappa shape index (κ1) is 17.4. The summed E-state index contributed by atoms with van der Waals surface area (Å²) >= 11 is 0. The highest BCUT2D eigenvalue weighted by molar-refractivity contribution is 5.66. The third kappa shape index (κ3) is 4.68. The number of methoxy groups -OCH3 is 1. The van der Waals surface area contributed by atoms with Crippen molar-refractivity contribution in [2.45, 2.75) is 32.9 Å². The number of nitrogens with one attached hydrogen (secondary N) is 1. The van der Waals surface area contributed by atoms with E-state index in [4.69, 9.17) is 4.74 Å². The van der Waals surface area contributed by atoms with Gasteiger partial charge >= 0.3 is 0 Å². The summed E-state index contributed by atoms with van der Waals surface area (Å²) in [5.74, 6) is 0. The number of hydrogen-bond donors (Lipinski definition) is 1. The van der Waals surface area contributed by atoms with Gasteiger partial charge in [0.1, 0.15) is 5.69 Å². The van der Waals surface area contributed by atoms with Crippen LogP contribution in [0.15, 0.2) is 18.2 Å². The predicted molar refractivity (Wildman–Crippen MR) is 84.7 cm³/mol. The van der Waals surface area contributed by atoms with Crippen LogP contribution in [-0.4, -0.2) is 43.2 Å². The normalized spacial score (nSPS) is 12.4. The largest absolute Gasteiger partial charge is 0.383 e. The minimum absolute atomic E-state index is 0.117. The van der Waals surface area contributed by atoms with Crippen molar-refractivity contribution in [3.63, 3.8) is 0 Å². The van der Waals surface area contributed by atoms with Gasteiger partial charge in [-0.2, -0.15) is 0 Å². The van der Waals surface area contributed by atoms with Gasteiger partial charge in [-0.05, 0) is 18.9 Å². The molecule has 1 rings (SSSR count). The summed E-state index contributed by atoms with van der Waals surface area (Å²) < 4.78 is 5.16. The monoisotopic (exact) mass is 295 g/mol. The van der Waals surface area contributed by atoms with E-state index < -0.39 is 0 Å². The SMILES string of the molecule is CCC(C)N(CCOC)Cc1cccc([N+](=O)[O-])c1NC. The molecule has 0 bridgehead atoms. The molecule has 1 unspecified atom stereocenters. The summed E-state index contributed by atoms with van der Waals surface area (Å²) in [7, 11) is 3.40. The van der Waals surface area contributed by atoms with Crippen molar-refractivity contribution in [3.05, 3.63) is 33.9 Å². The zero-order valence-electron chi connectivity index (χ0n) is 13.3. The van der Waals surface area contributed by atoms with Crippen molar-refractivity contribution in [2.24, 2.45) is 0 Å². The molecule has 1 aromatic rings. The minimum atomic E-state index is -0.349. The van der Waals surface area contributed by atoms with E-state index in [9.17, 15) is 10.1 Å². The Hall–Kier alpha value is -1.66. The van der Waals surface area contributed by atoms with Crippen molar-refractivity contribution < 1.29 is 9.66 Å². The van der Waals surface area contributed by atoms with Crippen LogP contribution in [0.5, 0.6) is 0 Å². The quantitative estimate of drug-likeness (QED) is 0.560. The van der Waals surface area contributed by atoms with Crippen LogP contribution >= 0.6 is 0 Å². The Kier molecular flexibility index (Phi) is 7.11. The number of nitro groups is 1. The smallest absolute Gasteiger partial charge is 0.292 e. The first-order valence-electron chi connectivity index (χ1n) is 7.22. The van der Waals surface area contributed by atoms with E-state index in [0.29, 0.717) is 24.9 Å². The molecule has 1 aromatic carbocycles. The van der Waals surface area contributed by atoms with E-state index in [1.807, 2.05) is 6.07 Å². The lowest BCUT2D eigenvalue weighted by Gasteiger charge is -2.28. The van der Waals surface area contributed by atoms with Crippen LogP contribution in [0.3, 0.4) is 0 Å². The first-order valence-corrected chi connectivity index (χ1v) is 7.22. The van der Waals surface area contributed by atoms with E-state index in [-0.39, 0.29) is 10.6 Å². The minimum Gasteiger partial charge on any atom is -0.383 e. The fourth-order valence-electron chi connectivity index (χ4n) is 2.30. The average Bonchev–Trinajstić information content (AvgIpc) is 2.49. The number of rotatable bonds is 9. The molecule has 0 fully saturated rings. The number of benzene rings is 1. The Morgan fingerprint density at radius 1 is 1.48 bits per heavy atom. The average molecular weight is 295 g/mol. The Morgan fingerprint density at radius 2 is 2.19 bits per heavy atom. The number of para-hydroxylation sites is 1. The molecule has 0 saturated carbocycles. The van der Waals surface area contributed by atoms with Crippen molar-refractivity contribution in [3.8, 4) is 0 Å². The van der Waals surface area contributed by atoms with Gasteiger partial charge < -0.3 is 10.1 Å². The molecule has 0 saturated heterocycles. The maximum absolute atomic E-state index is 11.1. The maximum atomic E-state index is 11.1. The van der Waals surface area contributed by atoms with Crippen molar-refractivity contribution in [1.29, 1.82) is 0 Å². The molecule has 0 aliphatic carbocycles. The molecule has 6 nitrogen and oxygen atoms in total. The third-order valence-corrected chi connectivity index (χ3v) is 3.75. The fourth-order valence-corrected chi connectivity index (χ4v) is 2.30. The molecule has 0 aromatic heterocycles. The molecule has 0 heterocycles. The van der Waals surface area contributed by atoms with Crippen LogP contribution in [0, 0.1) is 10.1 Å². The molecule has 0 aliphatic heterocycles. The number of ether oxygens (including phenoxy) is 1. The summed E-state index contributed by atoms with van der Waals surface area (Å²) in [6.07, 6.45) is 1.02. The van der Waals surface area contributed by atoms with Crippen LogP contribution < -0.4 is 5.32 Å². The number of hydrogen-bond acceptors (Lipinski definition) is 5. The summed E-state index contributed by atoms with van der Waals surface area (Å²) in [5.41, 5.74) is 1.64. The molecule has 1 atom stereocenters. The van der Waals surface area contributed by atoms with Gasteiger partial charge in [-0.3, -0.25) is 15.0 Å². The van der Waals surface area contributed by atoms with Gasteiger partial charge in [0.25, 0.3) is 5.69 Å². The second kappa shape index (κ2) is 8.59. The zero-order valence-corrected chi connectivity index (χ0v) is 13.3. The van der Waals surface area contributed by atoms with Crippen molar-refractivity contribution >= 4 is 11.4 Å². The summed E-state index contributed by atoms with van der Waals surface area (Å²) in [4.78, 5) is 13.0. The number of nitro benzene ring substituents is 1. The van der Waals surface area contributed by atoms with Gasteiger partial charge in [-0.15, -0.1) is 0 Å². The summed E-state index contributed by atoms with van der Waals surface area (Å²) in [6.45, 7) is 6.41. The van der Waals surface area contributed by atoms with Crippen molar-refractivity contribution in [1.82, 2.24) is 4.90 Å². The van der Waals surface area contributed by atoms with Gasteiger partial charge in [0, 0.05) is 39.4 Å². The number of nitrogens with zero attached hydrogens (tertiary/aromatic N) is 2. The van der Waals surface area contributed by atoms with Crippen LogP contribution in [0.2, 0.25) is 0 Å². The summed E-state index contributed by atoms with van der Waals surface area (Å²) in [5, 5.41) is 14.1. The van der Waals surface area contributed by atoms with Gasteiger partial charge in [0.2, 0.25) is 0 Å². The molecule has 6 heteroatoms. The van der Waals surface area contributed by atoms with Crippen molar-refractivity contribution in [2.75, 3.05) is 32.6 Å². The second-order valence-corrected chi connectivity index (χ2v) is 5.04. The van der Waals surface area contributed by atoms with E-state index in [1.54, 1.807) is 20.2 Å². The highest BCUT2D eigenvalue weighted by Crippen LogP contribution is 2.29.